The Hall–Kier alpha value is -2.21. The number of rotatable bonds is 8. The lowest BCUT2D eigenvalue weighted by atomic mass is 10.1. The molecule has 0 unspecified atom stereocenters. The number of carbonyl (C=O) groups excluding carboxylic acids is 2. The summed E-state index contributed by atoms with van der Waals surface area (Å²) in [7, 11) is 1.60. The fourth-order valence-electron chi connectivity index (χ4n) is 2.72. The van der Waals surface area contributed by atoms with Gasteiger partial charge >= 0.3 is 0 Å². The number of thiocarbonyl (C=S) groups is 1. The van der Waals surface area contributed by atoms with Crippen LogP contribution < -0.4 is 4.74 Å². The predicted octanol–water partition coefficient (Wildman–Crippen LogP) is 3.63. The van der Waals surface area contributed by atoms with E-state index in [4.69, 9.17) is 17.0 Å². The third-order valence-corrected chi connectivity index (χ3v) is 4.75. The smallest absolute Gasteiger partial charge is 0.265 e. The summed E-state index contributed by atoms with van der Waals surface area (Å²) >= 11 is 5.45. The average molecular weight is 375 g/mol. The van der Waals surface area contributed by atoms with Crippen LogP contribution >= 0.6 is 12.2 Å². The molecule has 0 saturated carbocycles. The zero-order valence-corrected chi connectivity index (χ0v) is 16.5. The van der Waals surface area contributed by atoms with Crippen molar-refractivity contribution in [1.29, 1.82) is 0 Å². The minimum absolute atomic E-state index is 0.163. The van der Waals surface area contributed by atoms with Crippen LogP contribution in [0.3, 0.4) is 0 Å². The molecule has 6 heteroatoms. The van der Waals surface area contributed by atoms with Crippen LogP contribution in [0.2, 0.25) is 0 Å². The molecule has 1 aromatic carbocycles. The van der Waals surface area contributed by atoms with Crippen molar-refractivity contribution in [2.75, 3.05) is 20.2 Å². The fourth-order valence-corrected chi connectivity index (χ4v) is 3.07. The summed E-state index contributed by atoms with van der Waals surface area (Å²) in [4.78, 5) is 28.9. The second-order valence-electron chi connectivity index (χ2n) is 6.23. The molecular weight excluding hydrogens is 348 g/mol. The lowest BCUT2D eigenvalue weighted by molar-refractivity contribution is -0.133. The normalized spacial score (nSPS) is 14.9. The molecule has 26 heavy (non-hydrogen) atoms. The Morgan fingerprint density at radius 2 is 1.46 bits per heavy atom. The monoisotopic (exact) mass is 374 g/mol. The van der Waals surface area contributed by atoms with Crippen molar-refractivity contribution < 1.29 is 14.3 Å². The Morgan fingerprint density at radius 1 is 0.962 bits per heavy atom. The molecule has 0 spiro atoms. The predicted molar refractivity (Wildman–Crippen MR) is 107 cm³/mol. The first-order valence-corrected chi connectivity index (χ1v) is 9.47. The van der Waals surface area contributed by atoms with E-state index in [0.29, 0.717) is 18.2 Å². The van der Waals surface area contributed by atoms with Gasteiger partial charge in [-0.3, -0.25) is 19.4 Å². The van der Waals surface area contributed by atoms with Gasteiger partial charge in [-0.2, -0.15) is 0 Å². The lowest BCUT2D eigenvalue weighted by Gasteiger charge is -2.36. The molecule has 1 heterocycles. The van der Waals surface area contributed by atoms with Crippen molar-refractivity contribution in [2.45, 2.75) is 39.5 Å². The van der Waals surface area contributed by atoms with Crippen LogP contribution in [0.5, 0.6) is 5.75 Å². The number of hydrogen-bond donors (Lipinski definition) is 0. The van der Waals surface area contributed by atoms with Gasteiger partial charge in [0.2, 0.25) is 0 Å². The Bertz CT molecular complexity index is 666. The summed E-state index contributed by atoms with van der Waals surface area (Å²) in [6, 6.07) is 7.26. The first kappa shape index (κ1) is 20.1. The molecule has 1 aliphatic heterocycles. The molecule has 140 valence electrons. The van der Waals surface area contributed by atoms with Crippen molar-refractivity contribution in [2.24, 2.45) is 0 Å². The quantitative estimate of drug-likeness (QED) is 0.396. The van der Waals surface area contributed by atoms with Crippen molar-refractivity contribution in [1.82, 2.24) is 9.80 Å². The minimum Gasteiger partial charge on any atom is -0.497 e. The SMILES string of the molecule is CCCCN1C(=O)C(=Cc2ccc(OC)cc2)C(=O)N(CCCC)C1=S. The molecule has 5 nitrogen and oxygen atoms in total. The van der Waals surface area contributed by atoms with E-state index >= 15 is 0 Å². The number of benzene rings is 1. The average Bonchev–Trinajstić information content (AvgIpc) is 2.65. The maximum Gasteiger partial charge on any atom is 0.265 e. The van der Waals surface area contributed by atoms with E-state index in [9.17, 15) is 9.59 Å². The maximum atomic E-state index is 12.9. The van der Waals surface area contributed by atoms with E-state index in [-0.39, 0.29) is 17.4 Å². The van der Waals surface area contributed by atoms with Crippen LogP contribution in [0, 0.1) is 0 Å². The van der Waals surface area contributed by atoms with Crippen LogP contribution in [0.4, 0.5) is 0 Å². The lowest BCUT2D eigenvalue weighted by Crippen LogP contribution is -2.56. The summed E-state index contributed by atoms with van der Waals surface area (Å²) in [6.07, 6.45) is 5.23. The number of ether oxygens (including phenoxy) is 1. The summed E-state index contributed by atoms with van der Waals surface area (Å²) in [5, 5.41) is 0.328. The Kier molecular flexibility index (Phi) is 7.33. The topological polar surface area (TPSA) is 49.9 Å². The Labute approximate surface area is 160 Å². The van der Waals surface area contributed by atoms with Gasteiger partial charge in [0.1, 0.15) is 11.3 Å². The van der Waals surface area contributed by atoms with Crippen molar-refractivity contribution in [3.63, 3.8) is 0 Å². The highest BCUT2D eigenvalue weighted by Gasteiger charge is 2.38. The van der Waals surface area contributed by atoms with E-state index in [2.05, 4.69) is 13.8 Å². The summed E-state index contributed by atoms with van der Waals surface area (Å²) in [5.74, 6) is 0.109. The first-order valence-electron chi connectivity index (χ1n) is 9.06. The van der Waals surface area contributed by atoms with Crippen molar-refractivity contribution >= 4 is 35.2 Å². The van der Waals surface area contributed by atoms with Crippen LogP contribution in [-0.4, -0.2) is 46.9 Å². The molecule has 2 amide bonds. The highest BCUT2D eigenvalue weighted by atomic mass is 32.1. The number of amides is 2. The molecule has 2 rings (SSSR count). The van der Waals surface area contributed by atoms with Gasteiger partial charge in [-0.15, -0.1) is 0 Å². The van der Waals surface area contributed by atoms with Crippen LogP contribution in [0.1, 0.15) is 45.1 Å². The fraction of sp³-hybridized carbons (Fsp3) is 0.450. The number of hydrogen-bond acceptors (Lipinski definition) is 4. The van der Waals surface area contributed by atoms with Gasteiger partial charge in [-0.25, -0.2) is 0 Å². The molecule has 1 fully saturated rings. The maximum absolute atomic E-state index is 12.9. The van der Waals surface area contributed by atoms with Gasteiger partial charge in [0.25, 0.3) is 11.8 Å². The van der Waals surface area contributed by atoms with Crippen molar-refractivity contribution in [3.8, 4) is 5.75 Å². The van der Waals surface area contributed by atoms with Gasteiger partial charge in [-0.1, -0.05) is 38.8 Å². The van der Waals surface area contributed by atoms with E-state index in [1.807, 2.05) is 12.1 Å². The highest BCUT2D eigenvalue weighted by Crippen LogP contribution is 2.22. The molecule has 1 aromatic rings. The summed E-state index contributed by atoms with van der Waals surface area (Å²) < 4.78 is 5.15. The minimum atomic E-state index is -0.308. The molecule has 0 aromatic heterocycles. The second kappa shape index (κ2) is 9.48. The number of carbonyl (C=O) groups is 2. The molecular formula is C20H26N2O3S. The van der Waals surface area contributed by atoms with E-state index in [1.54, 1.807) is 35.1 Å². The van der Waals surface area contributed by atoms with Gasteiger partial charge < -0.3 is 4.74 Å². The number of nitrogens with zero attached hydrogens (tertiary/aromatic N) is 2. The van der Waals surface area contributed by atoms with Gasteiger partial charge in [0, 0.05) is 13.1 Å². The molecule has 1 saturated heterocycles. The number of methoxy groups -OCH3 is 1. The molecule has 0 bridgehead atoms. The zero-order chi connectivity index (χ0) is 19.1. The third kappa shape index (κ3) is 4.49. The molecule has 0 N–H and O–H groups in total. The summed E-state index contributed by atoms with van der Waals surface area (Å²) in [5.41, 5.74) is 0.942. The molecule has 0 aliphatic carbocycles. The van der Waals surface area contributed by atoms with Crippen LogP contribution in [-0.2, 0) is 9.59 Å². The highest BCUT2D eigenvalue weighted by molar-refractivity contribution is 7.80. The van der Waals surface area contributed by atoms with Gasteiger partial charge in [0.05, 0.1) is 7.11 Å². The van der Waals surface area contributed by atoms with Gasteiger partial charge in [-0.05, 0) is 48.8 Å². The zero-order valence-electron chi connectivity index (χ0n) is 15.7. The first-order chi connectivity index (χ1) is 12.5. The van der Waals surface area contributed by atoms with Crippen LogP contribution in [0.15, 0.2) is 29.8 Å². The second-order valence-corrected chi connectivity index (χ2v) is 6.60. The summed E-state index contributed by atoms with van der Waals surface area (Å²) in [6.45, 7) is 5.19. The van der Waals surface area contributed by atoms with E-state index in [1.165, 1.54) is 0 Å². The van der Waals surface area contributed by atoms with E-state index in [0.717, 1.165) is 37.0 Å². The molecule has 0 atom stereocenters. The molecule has 1 aliphatic rings. The molecule has 0 radical (unpaired) electrons. The van der Waals surface area contributed by atoms with E-state index < -0.39 is 0 Å². The van der Waals surface area contributed by atoms with Gasteiger partial charge in [0.15, 0.2) is 5.11 Å². The Balaban J connectivity index is 2.36. The standard InChI is InChI=1S/C20H26N2O3S/c1-4-6-12-21-18(23)17(14-15-8-10-16(25-3)11-9-15)19(24)22(20(21)26)13-7-5-2/h8-11,14H,4-7,12-13H2,1-3H3. The largest absolute Gasteiger partial charge is 0.497 e. The van der Waals surface area contributed by atoms with Crippen LogP contribution in [0.25, 0.3) is 6.08 Å². The number of unbranched alkanes of at least 4 members (excludes halogenated alkanes) is 2. The Morgan fingerprint density at radius 3 is 1.88 bits per heavy atom. The van der Waals surface area contributed by atoms with Crippen molar-refractivity contribution in [3.05, 3.63) is 35.4 Å². The third-order valence-electron chi connectivity index (χ3n) is 4.31.